The van der Waals surface area contributed by atoms with Crippen molar-refractivity contribution in [2.45, 2.75) is 6.92 Å². The van der Waals surface area contributed by atoms with Crippen LogP contribution >= 0.6 is 15.9 Å². The second-order valence-corrected chi connectivity index (χ2v) is 4.29. The van der Waals surface area contributed by atoms with E-state index in [1.807, 2.05) is 19.2 Å². The van der Waals surface area contributed by atoms with Crippen molar-refractivity contribution in [2.75, 3.05) is 0 Å². The van der Waals surface area contributed by atoms with Crippen molar-refractivity contribution in [1.82, 2.24) is 9.78 Å². The number of hydrogen-bond donors (Lipinski definition) is 1. The van der Waals surface area contributed by atoms with Gasteiger partial charge in [0.25, 0.3) is 0 Å². The zero-order valence-corrected chi connectivity index (χ0v) is 10.2. The summed E-state index contributed by atoms with van der Waals surface area (Å²) in [5.74, 6) is -0.441. The summed E-state index contributed by atoms with van der Waals surface area (Å²) >= 11 is 3.39. The van der Waals surface area contributed by atoms with E-state index in [0.717, 1.165) is 15.9 Å². The Bertz CT molecular complexity index is 548. The highest BCUT2D eigenvalue weighted by molar-refractivity contribution is 9.10. The van der Waals surface area contributed by atoms with Gasteiger partial charge in [-0.15, -0.1) is 0 Å². The fraction of sp³-hybridized carbons (Fsp3) is 0.0909. The van der Waals surface area contributed by atoms with E-state index in [9.17, 15) is 4.79 Å². The van der Waals surface area contributed by atoms with Crippen molar-refractivity contribution in [3.05, 3.63) is 46.2 Å². The van der Waals surface area contributed by atoms with Crippen molar-refractivity contribution in [3.8, 4) is 5.69 Å². The maximum Gasteiger partial charge on any atom is 0.248 e. The predicted octanol–water partition coefficient (Wildman–Crippen LogP) is 2.04. The number of aromatic nitrogens is 2. The highest BCUT2D eigenvalue weighted by atomic mass is 79.9. The second-order valence-electron chi connectivity index (χ2n) is 3.43. The molecule has 2 N–H and O–H groups in total. The lowest BCUT2D eigenvalue weighted by Gasteiger charge is -2.05. The highest BCUT2D eigenvalue weighted by Gasteiger charge is 2.07. The number of primary amides is 1. The Balaban J connectivity index is 2.47. The van der Waals surface area contributed by atoms with Gasteiger partial charge in [-0.05, 0) is 47.1 Å². The smallest absolute Gasteiger partial charge is 0.248 e. The molecule has 16 heavy (non-hydrogen) atoms. The Morgan fingerprint density at radius 2 is 2.19 bits per heavy atom. The number of halogens is 1. The van der Waals surface area contributed by atoms with E-state index in [0.29, 0.717) is 5.56 Å². The van der Waals surface area contributed by atoms with Gasteiger partial charge in [0.05, 0.1) is 11.4 Å². The van der Waals surface area contributed by atoms with Gasteiger partial charge in [0.2, 0.25) is 5.91 Å². The molecule has 0 unspecified atom stereocenters. The van der Waals surface area contributed by atoms with Crippen LogP contribution in [0.15, 0.2) is 34.9 Å². The number of carbonyl (C=O) groups excluding carboxylic acids is 1. The number of hydrogen-bond acceptors (Lipinski definition) is 2. The molecule has 0 spiro atoms. The molecule has 0 aliphatic rings. The third-order valence-electron chi connectivity index (χ3n) is 2.20. The Morgan fingerprint density at radius 3 is 2.69 bits per heavy atom. The SMILES string of the molecule is Cc1ccn(-c2ccc(C(N)=O)cc2Br)n1. The van der Waals surface area contributed by atoms with E-state index >= 15 is 0 Å². The van der Waals surface area contributed by atoms with Gasteiger partial charge in [-0.1, -0.05) is 0 Å². The van der Waals surface area contributed by atoms with Crippen molar-refractivity contribution < 1.29 is 4.79 Å². The van der Waals surface area contributed by atoms with Crippen LogP contribution in [0.5, 0.6) is 0 Å². The van der Waals surface area contributed by atoms with E-state index in [-0.39, 0.29) is 0 Å². The first-order valence-corrected chi connectivity index (χ1v) is 5.49. The van der Waals surface area contributed by atoms with Gasteiger partial charge < -0.3 is 5.73 Å². The Labute approximate surface area is 101 Å². The summed E-state index contributed by atoms with van der Waals surface area (Å²) in [6.07, 6.45) is 1.86. The summed E-state index contributed by atoms with van der Waals surface area (Å²) in [5.41, 5.74) is 7.47. The molecule has 2 rings (SSSR count). The average Bonchev–Trinajstić information content (AvgIpc) is 2.64. The maximum atomic E-state index is 11.0. The molecule has 1 heterocycles. The number of nitrogens with zero attached hydrogens (tertiary/aromatic N) is 2. The van der Waals surface area contributed by atoms with E-state index in [1.165, 1.54) is 0 Å². The number of rotatable bonds is 2. The first-order chi connectivity index (χ1) is 7.58. The molecule has 0 bridgehead atoms. The molecule has 0 saturated heterocycles. The molecule has 1 aromatic carbocycles. The molecule has 0 aliphatic heterocycles. The van der Waals surface area contributed by atoms with Crippen LogP contribution in [0.4, 0.5) is 0 Å². The van der Waals surface area contributed by atoms with E-state index in [1.54, 1.807) is 22.9 Å². The molecule has 0 atom stereocenters. The van der Waals surface area contributed by atoms with Crippen molar-refractivity contribution in [1.29, 1.82) is 0 Å². The molecular weight excluding hydrogens is 270 g/mol. The lowest BCUT2D eigenvalue weighted by molar-refractivity contribution is 0.100. The number of nitrogens with two attached hydrogens (primary N) is 1. The van der Waals surface area contributed by atoms with Crippen LogP contribution in [0.1, 0.15) is 16.1 Å². The first-order valence-electron chi connectivity index (χ1n) is 4.70. The quantitative estimate of drug-likeness (QED) is 0.915. The zero-order valence-electron chi connectivity index (χ0n) is 8.64. The molecule has 0 radical (unpaired) electrons. The molecule has 0 saturated carbocycles. The summed E-state index contributed by atoms with van der Waals surface area (Å²) in [6, 6.07) is 7.08. The Morgan fingerprint density at radius 1 is 1.44 bits per heavy atom. The molecule has 5 heteroatoms. The van der Waals surface area contributed by atoms with Crippen LogP contribution in [0, 0.1) is 6.92 Å². The van der Waals surface area contributed by atoms with Crippen molar-refractivity contribution >= 4 is 21.8 Å². The molecular formula is C11H10BrN3O. The normalized spacial score (nSPS) is 10.4. The minimum absolute atomic E-state index is 0.441. The first kappa shape index (κ1) is 10.9. The van der Waals surface area contributed by atoms with Crippen LogP contribution < -0.4 is 5.73 Å². The topological polar surface area (TPSA) is 60.9 Å². The van der Waals surface area contributed by atoms with Crippen LogP contribution in [-0.2, 0) is 0 Å². The minimum Gasteiger partial charge on any atom is -0.366 e. The Hall–Kier alpha value is -1.62. The molecule has 4 nitrogen and oxygen atoms in total. The predicted molar refractivity (Wildman–Crippen MR) is 64.5 cm³/mol. The lowest BCUT2D eigenvalue weighted by atomic mass is 10.2. The summed E-state index contributed by atoms with van der Waals surface area (Å²) in [6.45, 7) is 1.92. The van der Waals surface area contributed by atoms with Crippen molar-refractivity contribution in [3.63, 3.8) is 0 Å². The summed E-state index contributed by atoms with van der Waals surface area (Å²) < 4.78 is 2.52. The van der Waals surface area contributed by atoms with Gasteiger partial charge in [-0.25, -0.2) is 4.68 Å². The molecule has 0 fully saturated rings. The summed E-state index contributed by atoms with van der Waals surface area (Å²) in [5, 5.41) is 4.29. The van der Waals surface area contributed by atoms with Gasteiger partial charge in [-0.2, -0.15) is 5.10 Å². The molecule has 0 aliphatic carbocycles. The molecule has 1 amide bonds. The van der Waals surface area contributed by atoms with Crippen LogP contribution in [-0.4, -0.2) is 15.7 Å². The third-order valence-corrected chi connectivity index (χ3v) is 2.84. The Kier molecular flexibility index (Phi) is 2.78. The summed E-state index contributed by atoms with van der Waals surface area (Å²) in [7, 11) is 0. The van der Waals surface area contributed by atoms with E-state index in [2.05, 4.69) is 21.0 Å². The van der Waals surface area contributed by atoms with E-state index in [4.69, 9.17) is 5.73 Å². The highest BCUT2D eigenvalue weighted by Crippen LogP contribution is 2.22. The van der Waals surface area contributed by atoms with Gasteiger partial charge in [0, 0.05) is 16.2 Å². The second kappa shape index (κ2) is 4.09. The number of aryl methyl sites for hydroxylation is 1. The maximum absolute atomic E-state index is 11.0. The molecule has 2 aromatic rings. The minimum atomic E-state index is -0.441. The number of benzene rings is 1. The fourth-order valence-corrected chi connectivity index (χ4v) is 1.96. The standard InChI is InChI=1S/C11H10BrN3O/c1-7-4-5-15(14-7)10-3-2-8(11(13)16)6-9(10)12/h2-6H,1H3,(H2,13,16). The van der Waals surface area contributed by atoms with Crippen LogP contribution in [0.2, 0.25) is 0 Å². The van der Waals surface area contributed by atoms with Crippen LogP contribution in [0.3, 0.4) is 0 Å². The van der Waals surface area contributed by atoms with Gasteiger partial charge in [0.15, 0.2) is 0 Å². The zero-order chi connectivity index (χ0) is 11.7. The van der Waals surface area contributed by atoms with Gasteiger partial charge >= 0.3 is 0 Å². The monoisotopic (exact) mass is 279 g/mol. The molecule has 1 aromatic heterocycles. The van der Waals surface area contributed by atoms with Crippen molar-refractivity contribution in [2.24, 2.45) is 5.73 Å². The molecule has 82 valence electrons. The third kappa shape index (κ3) is 1.99. The number of amides is 1. The van der Waals surface area contributed by atoms with E-state index < -0.39 is 5.91 Å². The van der Waals surface area contributed by atoms with Gasteiger partial charge in [0.1, 0.15) is 0 Å². The number of carbonyl (C=O) groups is 1. The summed E-state index contributed by atoms with van der Waals surface area (Å²) in [4.78, 5) is 11.0. The largest absolute Gasteiger partial charge is 0.366 e. The lowest BCUT2D eigenvalue weighted by Crippen LogP contribution is -2.11. The average molecular weight is 280 g/mol. The fourth-order valence-electron chi connectivity index (χ4n) is 1.40. The van der Waals surface area contributed by atoms with Gasteiger partial charge in [-0.3, -0.25) is 4.79 Å². The van der Waals surface area contributed by atoms with Crippen LogP contribution in [0.25, 0.3) is 5.69 Å².